The van der Waals surface area contributed by atoms with Crippen LogP contribution in [-0.4, -0.2) is 24.7 Å². The van der Waals surface area contributed by atoms with Gasteiger partial charge in [0.2, 0.25) is 0 Å². The van der Waals surface area contributed by atoms with Crippen molar-refractivity contribution in [2.24, 2.45) is 0 Å². The smallest absolute Gasteiger partial charge is 0.0465 e. The molecule has 1 spiro atoms. The Morgan fingerprint density at radius 2 is 2.13 bits per heavy atom. The van der Waals surface area contributed by atoms with Crippen LogP contribution in [-0.2, 0) is 6.42 Å². The Morgan fingerprint density at radius 3 is 2.73 bits per heavy atom. The van der Waals surface area contributed by atoms with Gasteiger partial charge in [0.05, 0.1) is 0 Å². The van der Waals surface area contributed by atoms with E-state index in [4.69, 9.17) is 0 Å². The summed E-state index contributed by atoms with van der Waals surface area (Å²) in [6.07, 6.45) is 3.85. The van der Waals surface area contributed by atoms with Gasteiger partial charge in [-0.05, 0) is 31.4 Å². The van der Waals surface area contributed by atoms with Crippen molar-refractivity contribution in [3.05, 3.63) is 35.9 Å². The third-order valence-electron chi connectivity index (χ3n) is 3.89. The lowest BCUT2D eigenvalue weighted by atomic mass is 9.78. The van der Waals surface area contributed by atoms with Crippen LogP contribution in [0.5, 0.6) is 0 Å². The van der Waals surface area contributed by atoms with Crippen LogP contribution in [0.2, 0.25) is 0 Å². The van der Waals surface area contributed by atoms with Crippen molar-refractivity contribution < 1.29 is 0 Å². The molecule has 2 heteroatoms. The largest absolute Gasteiger partial charge is 0.310 e. The molecule has 2 unspecified atom stereocenters. The summed E-state index contributed by atoms with van der Waals surface area (Å²) in [5.41, 5.74) is 1.87. The summed E-state index contributed by atoms with van der Waals surface area (Å²) in [7, 11) is 0. The van der Waals surface area contributed by atoms with Crippen LogP contribution in [0.15, 0.2) is 30.3 Å². The second kappa shape index (κ2) is 3.62. The predicted molar refractivity (Wildman–Crippen MR) is 61.9 cm³/mol. The summed E-state index contributed by atoms with van der Waals surface area (Å²) >= 11 is 0. The van der Waals surface area contributed by atoms with Crippen LogP contribution < -0.4 is 10.6 Å². The maximum atomic E-state index is 3.68. The molecule has 3 rings (SSSR count). The molecular formula is C13H18N2. The minimum Gasteiger partial charge on any atom is -0.310 e. The molecule has 0 radical (unpaired) electrons. The summed E-state index contributed by atoms with van der Waals surface area (Å²) in [5.74, 6) is 0. The maximum Gasteiger partial charge on any atom is 0.0465 e. The van der Waals surface area contributed by atoms with Gasteiger partial charge < -0.3 is 10.6 Å². The summed E-state index contributed by atoms with van der Waals surface area (Å²) in [6, 6.07) is 11.4. The molecule has 2 N–H and O–H groups in total. The van der Waals surface area contributed by atoms with Gasteiger partial charge in [0.1, 0.15) is 0 Å². The lowest BCUT2D eigenvalue weighted by molar-refractivity contribution is 0.154. The molecular weight excluding hydrogens is 184 g/mol. The predicted octanol–water partition coefficient (Wildman–Crippen LogP) is 1.32. The zero-order valence-corrected chi connectivity index (χ0v) is 9.00. The summed E-state index contributed by atoms with van der Waals surface area (Å²) in [4.78, 5) is 0. The normalized spacial score (nSPS) is 34.3. The van der Waals surface area contributed by atoms with Gasteiger partial charge in [-0.15, -0.1) is 0 Å². The van der Waals surface area contributed by atoms with E-state index in [1.165, 1.54) is 24.9 Å². The van der Waals surface area contributed by atoms with Crippen LogP contribution >= 0.6 is 0 Å². The highest BCUT2D eigenvalue weighted by atomic mass is 15.2. The van der Waals surface area contributed by atoms with Crippen LogP contribution in [0.4, 0.5) is 0 Å². The average Bonchev–Trinajstić information content (AvgIpc) is 2.77. The van der Waals surface area contributed by atoms with E-state index < -0.39 is 0 Å². The maximum absolute atomic E-state index is 3.68. The van der Waals surface area contributed by atoms with Crippen molar-refractivity contribution in [2.45, 2.75) is 30.8 Å². The molecule has 2 aliphatic heterocycles. The molecule has 2 nitrogen and oxygen atoms in total. The second-order valence-corrected chi connectivity index (χ2v) is 4.81. The molecule has 1 aromatic rings. The summed E-state index contributed by atoms with van der Waals surface area (Å²) in [6.45, 7) is 2.36. The number of nitrogens with one attached hydrogen (secondary N) is 2. The van der Waals surface area contributed by atoms with E-state index >= 15 is 0 Å². The summed E-state index contributed by atoms with van der Waals surface area (Å²) < 4.78 is 0. The molecule has 1 aromatic carbocycles. The topological polar surface area (TPSA) is 24.1 Å². The Balaban J connectivity index is 1.69. The van der Waals surface area contributed by atoms with E-state index in [1.807, 2.05) is 0 Å². The molecule has 2 aliphatic rings. The van der Waals surface area contributed by atoms with E-state index in [0.29, 0.717) is 11.6 Å². The van der Waals surface area contributed by atoms with Crippen LogP contribution in [0.1, 0.15) is 18.4 Å². The van der Waals surface area contributed by atoms with Crippen molar-refractivity contribution >= 4 is 0 Å². The molecule has 0 aromatic heterocycles. The highest BCUT2D eigenvalue weighted by Crippen LogP contribution is 2.31. The Bertz CT molecular complexity index is 328. The van der Waals surface area contributed by atoms with Crippen LogP contribution in [0.25, 0.3) is 0 Å². The van der Waals surface area contributed by atoms with Gasteiger partial charge >= 0.3 is 0 Å². The lowest BCUT2D eigenvalue weighted by Crippen LogP contribution is -2.73. The lowest BCUT2D eigenvalue weighted by Gasteiger charge is -2.48. The Hall–Kier alpha value is -0.860. The monoisotopic (exact) mass is 202 g/mol. The molecule has 0 bridgehead atoms. The first-order valence-electron chi connectivity index (χ1n) is 5.91. The third-order valence-corrected chi connectivity index (χ3v) is 3.89. The SMILES string of the molecule is c1ccc(CC2NCC23CCCN3)cc1. The molecule has 80 valence electrons. The zero-order valence-electron chi connectivity index (χ0n) is 9.00. The number of hydrogen-bond donors (Lipinski definition) is 2. The van der Waals surface area contributed by atoms with E-state index in [0.717, 1.165) is 13.0 Å². The first-order valence-corrected chi connectivity index (χ1v) is 5.91. The first-order chi connectivity index (χ1) is 7.39. The van der Waals surface area contributed by atoms with Crippen molar-refractivity contribution in [3.8, 4) is 0 Å². The van der Waals surface area contributed by atoms with Gasteiger partial charge in [-0.1, -0.05) is 30.3 Å². The van der Waals surface area contributed by atoms with Gasteiger partial charge in [0, 0.05) is 18.1 Å². The highest BCUT2D eigenvalue weighted by molar-refractivity contribution is 5.21. The Kier molecular flexibility index (Phi) is 2.26. The Morgan fingerprint density at radius 1 is 1.27 bits per heavy atom. The fourth-order valence-electron chi connectivity index (χ4n) is 2.89. The Labute approximate surface area is 91.1 Å². The molecule has 2 fully saturated rings. The quantitative estimate of drug-likeness (QED) is 0.756. The van der Waals surface area contributed by atoms with Crippen molar-refractivity contribution in [3.63, 3.8) is 0 Å². The minimum absolute atomic E-state index is 0.426. The average molecular weight is 202 g/mol. The molecule has 0 amide bonds. The number of hydrogen-bond acceptors (Lipinski definition) is 2. The van der Waals surface area contributed by atoms with E-state index in [9.17, 15) is 0 Å². The van der Waals surface area contributed by atoms with Gasteiger partial charge in [0.25, 0.3) is 0 Å². The van der Waals surface area contributed by atoms with E-state index in [2.05, 4.69) is 41.0 Å². The molecule has 0 saturated carbocycles. The fourth-order valence-corrected chi connectivity index (χ4v) is 2.89. The van der Waals surface area contributed by atoms with Gasteiger partial charge in [-0.25, -0.2) is 0 Å². The second-order valence-electron chi connectivity index (χ2n) is 4.81. The van der Waals surface area contributed by atoms with Crippen LogP contribution in [0.3, 0.4) is 0 Å². The molecule has 0 aliphatic carbocycles. The third kappa shape index (κ3) is 1.58. The molecule has 2 atom stereocenters. The molecule has 2 saturated heterocycles. The van der Waals surface area contributed by atoms with Crippen LogP contribution in [0, 0.1) is 0 Å². The standard InChI is InChI=1S/C13H18N2/c1-2-5-11(6-3-1)9-12-13(10-14-12)7-4-8-15-13/h1-3,5-6,12,14-15H,4,7-10H2. The van der Waals surface area contributed by atoms with E-state index in [1.54, 1.807) is 0 Å². The number of rotatable bonds is 2. The van der Waals surface area contributed by atoms with Gasteiger partial charge in [-0.3, -0.25) is 0 Å². The van der Waals surface area contributed by atoms with Crippen molar-refractivity contribution in [2.75, 3.05) is 13.1 Å². The number of benzene rings is 1. The first kappa shape index (κ1) is 9.37. The van der Waals surface area contributed by atoms with Crippen molar-refractivity contribution in [1.29, 1.82) is 0 Å². The van der Waals surface area contributed by atoms with Gasteiger partial charge in [0.15, 0.2) is 0 Å². The zero-order chi connectivity index (χ0) is 10.1. The molecule has 15 heavy (non-hydrogen) atoms. The van der Waals surface area contributed by atoms with Crippen molar-refractivity contribution in [1.82, 2.24) is 10.6 Å². The fraction of sp³-hybridized carbons (Fsp3) is 0.538. The minimum atomic E-state index is 0.426. The van der Waals surface area contributed by atoms with E-state index in [-0.39, 0.29) is 0 Å². The highest BCUT2D eigenvalue weighted by Gasteiger charge is 2.47. The van der Waals surface area contributed by atoms with Gasteiger partial charge in [-0.2, -0.15) is 0 Å². The summed E-state index contributed by atoms with van der Waals surface area (Å²) in [5, 5.41) is 7.24. The molecule has 2 heterocycles.